The molecule has 0 spiro atoms. The molecule has 0 radical (unpaired) electrons. The SMILES string of the molecule is CCNC(=NCC1(c2ccc(Br)cc2)CCC1)N1CCC(c2cnn(C)c2)C1.I. The molecular weight excluding hydrogens is 541 g/mol. The van der Waals surface area contributed by atoms with Crippen LogP contribution < -0.4 is 5.32 Å². The number of rotatable bonds is 5. The summed E-state index contributed by atoms with van der Waals surface area (Å²) in [5, 5.41) is 7.87. The zero-order chi connectivity index (χ0) is 19.6. The van der Waals surface area contributed by atoms with Crippen LogP contribution in [0.25, 0.3) is 0 Å². The molecule has 1 aliphatic carbocycles. The van der Waals surface area contributed by atoms with Crippen LogP contribution in [0.15, 0.2) is 46.1 Å². The van der Waals surface area contributed by atoms with Crippen LogP contribution in [0, 0.1) is 0 Å². The minimum Gasteiger partial charge on any atom is -0.357 e. The molecule has 29 heavy (non-hydrogen) atoms. The lowest BCUT2D eigenvalue weighted by Gasteiger charge is -2.41. The Bertz CT molecular complexity index is 828. The minimum atomic E-state index is 0. The van der Waals surface area contributed by atoms with E-state index in [1.165, 1.54) is 30.4 Å². The highest BCUT2D eigenvalue weighted by Gasteiger charge is 2.39. The summed E-state index contributed by atoms with van der Waals surface area (Å²) in [7, 11) is 1.99. The Balaban J connectivity index is 0.00000240. The van der Waals surface area contributed by atoms with Gasteiger partial charge in [0.05, 0.1) is 12.7 Å². The van der Waals surface area contributed by atoms with Crippen LogP contribution in [0.1, 0.15) is 49.7 Å². The van der Waals surface area contributed by atoms with Crippen LogP contribution in [0.5, 0.6) is 0 Å². The molecule has 1 atom stereocenters. The van der Waals surface area contributed by atoms with E-state index in [0.717, 1.165) is 43.0 Å². The van der Waals surface area contributed by atoms with Gasteiger partial charge in [-0.1, -0.05) is 34.5 Å². The number of aromatic nitrogens is 2. The van der Waals surface area contributed by atoms with E-state index in [4.69, 9.17) is 4.99 Å². The zero-order valence-electron chi connectivity index (χ0n) is 17.3. The van der Waals surface area contributed by atoms with Crippen molar-refractivity contribution in [2.45, 2.75) is 43.9 Å². The first kappa shape index (κ1) is 22.6. The molecule has 0 bridgehead atoms. The Kier molecular flexibility index (Phi) is 7.64. The molecule has 1 N–H and O–H groups in total. The van der Waals surface area contributed by atoms with Crippen molar-refractivity contribution in [2.75, 3.05) is 26.2 Å². The van der Waals surface area contributed by atoms with Gasteiger partial charge in [0.2, 0.25) is 0 Å². The minimum absolute atomic E-state index is 0. The fourth-order valence-electron chi connectivity index (χ4n) is 4.47. The van der Waals surface area contributed by atoms with Gasteiger partial charge in [0.25, 0.3) is 0 Å². The summed E-state index contributed by atoms with van der Waals surface area (Å²) in [6, 6.07) is 8.84. The van der Waals surface area contributed by atoms with E-state index in [-0.39, 0.29) is 29.4 Å². The van der Waals surface area contributed by atoms with Gasteiger partial charge in [-0.05, 0) is 49.4 Å². The van der Waals surface area contributed by atoms with Gasteiger partial charge in [0.1, 0.15) is 0 Å². The molecule has 7 heteroatoms. The highest BCUT2D eigenvalue weighted by atomic mass is 127. The second-order valence-electron chi connectivity index (χ2n) is 8.19. The number of nitrogens with zero attached hydrogens (tertiary/aromatic N) is 4. The van der Waals surface area contributed by atoms with E-state index < -0.39 is 0 Å². The molecule has 2 heterocycles. The van der Waals surface area contributed by atoms with Crippen LogP contribution in [0.3, 0.4) is 0 Å². The van der Waals surface area contributed by atoms with Crippen LogP contribution in [0.2, 0.25) is 0 Å². The van der Waals surface area contributed by atoms with E-state index in [9.17, 15) is 0 Å². The van der Waals surface area contributed by atoms with E-state index in [2.05, 4.69) is 68.6 Å². The van der Waals surface area contributed by atoms with E-state index in [1.807, 2.05) is 17.9 Å². The zero-order valence-corrected chi connectivity index (χ0v) is 21.2. The van der Waals surface area contributed by atoms with Crippen molar-refractivity contribution >= 4 is 45.9 Å². The van der Waals surface area contributed by atoms with Crippen LogP contribution >= 0.6 is 39.9 Å². The van der Waals surface area contributed by atoms with Gasteiger partial charge < -0.3 is 10.2 Å². The highest BCUT2D eigenvalue weighted by molar-refractivity contribution is 14.0. The average molecular weight is 572 g/mol. The van der Waals surface area contributed by atoms with Crippen LogP contribution in [0.4, 0.5) is 0 Å². The lowest BCUT2D eigenvalue weighted by Crippen LogP contribution is -2.43. The number of aliphatic imine (C=N–C) groups is 1. The Morgan fingerprint density at radius 3 is 2.66 bits per heavy atom. The van der Waals surface area contributed by atoms with Gasteiger partial charge in [-0.3, -0.25) is 9.67 Å². The second-order valence-corrected chi connectivity index (χ2v) is 9.11. The fourth-order valence-corrected chi connectivity index (χ4v) is 4.74. The molecule has 0 amide bonds. The Morgan fingerprint density at radius 1 is 1.31 bits per heavy atom. The monoisotopic (exact) mass is 571 g/mol. The van der Waals surface area contributed by atoms with E-state index in [1.54, 1.807) is 0 Å². The van der Waals surface area contributed by atoms with Crippen molar-refractivity contribution in [1.29, 1.82) is 0 Å². The molecule has 2 fully saturated rings. The number of guanidine groups is 1. The molecule has 4 rings (SSSR count). The number of aryl methyl sites for hydroxylation is 1. The molecular formula is C22H31BrIN5. The number of hydrogen-bond donors (Lipinski definition) is 1. The summed E-state index contributed by atoms with van der Waals surface area (Å²) in [4.78, 5) is 7.55. The smallest absolute Gasteiger partial charge is 0.193 e. The molecule has 1 saturated heterocycles. The second kappa shape index (κ2) is 9.81. The number of likely N-dealkylation sites (tertiary alicyclic amines) is 1. The van der Waals surface area contributed by atoms with Crippen molar-refractivity contribution in [1.82, 2.24) is 20.0 Å². The normalized spacial score (nSPS) is 20.9. The summed E-state index contributed by atoms with van der Waals surface area (Å²) >= 11 is 3.56. The Morgan fingerprint density at radius 2 is 2.07 bits per heavy atom. The van der Waals surface area contributed by atoms with E-state index in [0.29, 0.717) is 5.92 Å². The maximum atomic E-state index is 5.12. The lowest BCUT2D eigenvalue weighted by atomic mass is 9.64. The number of hydrogen-bond acceptors (Lipinski definition) is 2. The number of benzene rings is 1. The third-order valence-corrected chi connectivity index (χ3v) is 6.85. The van der Waals surface area contributed by atoms with Gasteiger partial charge in [-0.15, -0.1) is 24.0 Å². The van der Waals surface area contributed by atoms with Gasteiger partial charge >= 0.3 is 0 Å². The largest absolute Gasteiger partial charge is 0.357 e. The topological polar surface area (TPSA) is 45.5 Å². The fraction of sp³-hybridized carbons (Fsp3) is 0.545. The van der Waals surface area contributed by atoms with Crippen molar-refractivity contribution in [2.24, 2.45) is 12.0 Å². The quantitative estimate of drug-likeness (QED) is 0.322. The molecule has 1 saturated carbocycles. The van der Waals surface area contributed by atoms with E-state index >= 15 is 0 Å². The van der Waals surface area contributed by atoms with Crippen LogP contribution in [-0.2, 0) is 12.5 Å². The van der Waals surface area contributed by atoms with Crippen molar-refractivity contribution in [3.8, 4) is 0 Å². The van der Waals surface area contributed by atoms with Gasteiger partial charge in [-0.25, -0.2) is 0 Å². The summed E-state index contributed by atoms with van der Waals surface area (Å²) in [6.07, 6.45) is 9.08. The van der Waals surface area contributed by atoms with Crippen LogP contribution in [-0.4, -0.2) is 46.8 Å². The summed E-state index contributed by atoms with van der Waals surface area (Å²) in [6.45, 7) is 5.99. The third-order valence-electron chi connectivity index (χ3n) is 6.32. The molecule has 5 nitrogen and oxygen atoms in total. The van der Waals surface area contributed by atoms with Gasteiger partial charge in [0.15, 0.2) is 5.96 Å². The summed E-state index contributed by atoms with van der Waals surface area (Å²) in [5.41, 5.74) is 2.98. The molecule has 1 aromatic heterocycles. The summed E-state index contributed by atoms with van der Waals surface area (Å²) < 4.78 is 3.04. The molecule has 2 aromatic rings. The molecule has 2 aliphatic rings. The standard InChI is InChI=1S/C22H30BrN5.HI/c1-3-24-21(28-12-9-17(15-28)18-13-26-27(2)14-18)25-16-22(10-4-11-22)19-5-7-20(23)8-6-19;/h5-8,13-14,17H,3-4,9-12,15-16H2,1-2H3,(H,24,25);1H. The predicted molar refractivity (Wildman–Crippen MR) is 133 cm³/mol. The highest BCUT2D eigenvalue weighted by Crippen LogP contribution is 2.44. The predicted octanol–water partition coefficient (Wildman–Crippen LogP) is 4.68. The number of halogens is 2. The first-order valence-electron chi connectivity index (χ1n) is 10.4. The maximum absolute atomic E-state index is 5.12. The molecule has 1 unspecified atom stereocenters. The first-order valence-corrected chi connectivity index (χ1v) is 11.2. The third kappa shape index (κ3) is 4.98. The molecule has 158 valence electrons. The van der Waals surface area contributed by atoms with Crippen molar-refractivity contribution in [3.05, 3.63) is 52.3 Å². The number of nitrogens with one attached hydrogen (secondary N) is 1. The Labute approximate surface area is 199 Å². The average Bonchev–Trinajstić information content (AvgIpc) is 3.30. The molecule has 1 aromatic carbocycles. The Hall–Kier alpha value is -1.09. The van der Waals surface area contributed by atoms with Crippen molar-refractivity contribution in [3.63, 3.8) is 0 Å². The lowest BCUT2D eigenvalue weighted by molar-refractivity contribution is 0.252. The maximum Gasteiger partial charge on any atom is 0.193 e. The molecule has 1 aliphatic heterocycles. The van der Waals surface area contributed by atoms with Gasteiger partial charge in [0, 0.05) is 48.7 Å². The van der Waals surface area contributed by atoms with Crippen molar-refractivity contribution < 1.29 is 0 Å². The van der Waals surface area contributed by atoms with Gasteiger partial charge in [-0.2, -0.15) is 5.10 Å². The first-order chi connectivity index (χ1) is 13.6. The summed E-state index contributed by atoms with van der Waals surface area (Å²) in [5.74, 6) is 1.61.